The fraction of sp³-hybridized carbons (Fsp3) is 0.125. The number of thiocarbonyl (C=S) groups is 1. The van der Waals surface area contributed by atoms with E-state index < -0.39 is 0 Å². The van der Waals surface area contributed by atoms with Crippen LogP contribution in [0.15, 0.2) is 72.6 Å². The van der Waals surface area contributed by atoms with E-state index in [0.717, 1.165) is 16.0 Å². The van der Waals surface area contributed by atoms with Gasteiger partial charge >= 0.3 is 0 Å². The van der Waals surface area contributed by atoms with Crippen LogP contribution in [0, 0.1) is 6.92 Å². The summed E-state index contributed by atoms with van der Waals surface area (Å²) in [6.07, 6.45) is 9.43. The summed E-state index contributed by atoms with van der Waals surface area (Å²) in [4.78, 5) is 26.3. The number of hydrogen-bond acceptors (Lipinski definition) is 7. The number of anilines is 2. The number of carbonyl (C=O) groups is 1. The van der Waals surface area contributed by atoms with E-state index in [-0.39, 0.29) is 5.91 Å². The van der Waals surface area contributed by atoms with Gasteiger partial charge in [-0.15, -0.1) is 0 Å². The molecule has 1 aliphatic carbocycles. The highest BCUT2D eigenvalue weighted by atomic mass is 32.1. The largest absolute Gasteiger partial charge is 0.438 e. The second-order valence-corrected chi connectivity index (χ2v) is 7.60. The van der Waals surface area contributed by atoms with Gasteiger partial charge in [-0.1, -0.05) is 24.4 Å². The highest BCUT2D eigenvalue weighted by Crippen LogP contribution is 2.33. The molecule has 0 fully saturated rings. The van der Waals surface area contributed by atoms with Gasteiger partial charge in [-0.05, 0) is 55.0 Å². The van der Waals surface area contributed by atoms with Crippen molar-refractivity contribution in [2.75, 3.05) is 17.7 Å². The van der Waals surface area contributed by atoms with Crippen LogP contribution in [0.1, 0.15) is 12.0 Å². The van der Waals surface area contributed by atoms with Crippen molar-refractivity contribution in [1.29, 1.82) is 0 Å². The average molecular weight is 444 g/mol. The smallest absolute Gasteiger partial charge is 0.255 e. The molecule has 0 radical (unpaired) electrons. The van der Waals surface area contributed by atoms with E-state index in [4.69, 9.17) is 17.0 Å². The number of aromatic nitrogens is 3. The van der Waals surface area contributed by atoms with Crippen molar-refractivity contribution in [3.63, 3.8) is 0 Å². The molecule has 32 heavy (non-hydrogen) atoms. The quantitative estimate of drug-likeness (QED) is 0.525. The van der Waals surface area contributed by atoms with Crippen molar-refractivity contribution in [1.82, 2.24) is 15.0 Å². The van der Waals surface area contributed by atoms with Crippen LogP contribution < -0.4 is 15.4 Å². The monoisotopic (exact) mass is 443 g/mol. The fourth-order valence-corrected chi connectivity index (χ4v) is 3.39. The third-order valence-corrected chi connectivity index (χ3v) is 5.05. The lowest BCUT2D eigenvalue weighted by atomic mass is 10.1. The third-order valence-electron chi connectivity index (χ3n) is 4.76. The lowest BCUT2D eigenvalue weighted by molar-refractivity contribution is -0.112. The minimum atomic E-state index is -0.201. The summed E-state index contributed by atoms with van der Waals surface area (Å²) in [6.45, 7) is 1.91. The number of benzene rings is 1. The summed E-state index contributed by atoms with van der Waals surface area (Å²) >= 11 is 5.18. The molecule has 0 unspecified atom stereocenters. The normalized spacial score (nSPS) is 12.8. The van der Waals surface area contributed by atoms with E-state index in [2.05, 4.69) is 25.6 Å². The molecule has 160 valence electrons. The summed E-state index contributed by atoms with van der Waals surface area (Å²) in [5.74, 6) is 1.37. The van der Waals surface area contributed by atoms with Gasteiger partial charge in [0.15, 0.2) is 0 Å². The first-order chi connectivity index (χ1) is 15.5. The molecular formula is C24H21N5O2S. The van der Waals surface area contributed by atoms with Crippen molar-refractivity contribution in [3.05, 3.63) is 78.2 Å². The van der Waals surface area contributed by atoms with Gasteiger partial charge < -0.3 is 15.4 Å². The number of pyridine rings is 1. The molecule has 1 amide bonds. The van der Waals surface area contributed by atoms with Crippen molar-refractivity contribution >= 4 is 34.6 Å². The van der Waals surface area contributed by atoms with Gasteiger partial charge in [-0.2, -0.15) is 0 Å². The molecule has 2 N–H and O–H groups in total. The zero-order valence-electron chi connectivity index (χ0n) is 17.6. The lowest BCUT2D eigenvalue weighted by Crippen LogP contribution is -2.15. The van der Waals surface area contributed by atoms with E-state index in [1.165, 1.54) is 0 Å². The Kier molecular flexibility index (Phi) is 6.32. The second-order valence-electron chi connectivity index (χ2n) is 7.08. The van der Waals surface area contributed by atoms with Crippen LogP contribution >= 0.6 is 12.2 Å². The van der Waals surface area contributed by atoms with E-state index in [9.17, 15) is 4.79 Å². The lowest BCUT2D eigenvalue weighted by Gasteiger charge is -2.14. The molecule has 0 spiro atoms. The maximum Gasteiger partial charge on any atom is 0.255 e. The fourth-order valence-electron chi connectivity index (χ4n) is 3.17. The Labute approximate surface area is 191 Å². The maximum atomic E-state index is 12.5. The van der Waals surface area contributed by atoms with Crippen molar-refractivity contribution in [3.8, 4) is 22.9 Å². The number of hydrogen-bond donors (Lipinski definition) is 2. The van der Waals surface area contributed by atoms with Gasteiger partial charge in [0.1, 0.15) is 5.75 Å². The van der Waals surface area contributed by atoms with Gasteiger partial charge in [0, 0.05) is 42.0 Å². The molecule has 2 aromatic heterocycles. The van der Waals surface area contributed by atoms with Gasteiger partial charge in [0.05, 0.1) is 11.3 Å². The Morgan fingerprint density at radius 3 is 2.81 bits per heavy atom. The van der Waals surface area contributed by atoms with Gasteiger partial charge in [-0.3, -0.25) is 4.79 Å². The minimum absolute atomic E-state index is 0.201. The van der Waals surface area contributed by atoms with Crippen LogP contribution in [-0.2, 0) is 4.79 Å². The molecule has 2 heterocycles. The SMILES string of the molecule is CNc1nccc(-c2cccnc2Oc2ccc(NC(=O)C3=CC(=S)CC=C3)cc2C)n1. The van der Waals surface area contributed by atoms with E-state index >= 15 is 0 Å². The summed E-state index contributed by atoms with van der Waals surface area (Å²) < 4.78 is 6.11. The van der Waals surface area contributed by atoms with Gasteiger partial charge in [0.25, 0.3) is 5.91 Å². The first-order valence-electron chi connectivity index (χ1n) is 10.0. The van der Waals surface area contributed by atoms with Gasteiger partial charge in [-0.25, -0.2) is 15.0 Å². The van der Waals surface area contributed by atoms with Crippen LogP contribution in [0.4, 0.5) is 11.6 Å². The predicted octanol–water partition coefficient (Wildman–Crippen LogP) is 4.88. The standard InChI is InChI=1S/C24H21N5O2S/c1-15-13-17(28-22(30)16-5-3-6-18(32)14-16)8-9-21(15)31-23-19(7-4-11-26-23)20-10-12-27-24(25-2)29-20/h3-5,7-14H,6H2,1-2H3,(H,28,30)(H,25,27,29). The number of ether oxygens (including phenoxy) is 1. The molecule has 1 aromatic carbocycles. The zero-order chi connectivity index (χ0) is 22.5. The van der Waals surface area contributed by atoms with Gasteiger partial charge in [0.2, 0.25) is 11.8 Å². The molecule has 1 aliphatic rings. The summed E-state index contributed by atoms with van der Waals surface area (Å²) in [6, 6.07) is 11.0. The average Bonchev–Trinajstić information content (AvgIpc) is 2.81. The van der Waals surface area contributed by atoms with Crippen molar-refractivity contribution in [2.45, 2.75) is 13.3 Å². The van der Waals surface area contributed by atoms with Crippen LogP contribution in [0.5, 0.6) is 11.6 Å². The number of carbonyl (C=O) groups excluding carboxylic acids is 1. The van der Waals surface area contributed by atoms with Crippen LogP contribution in [0.25, 0.3) is 11.3 Å². The number of allylic oxidation sites excluding steroid dienone is 2. The van der Waals surface area contributed by atoms with E-state index in [0.29, 0.717) is 41.0 Å². The molecule has 4 rings (SSSR count). The number of rotatable bonds is 6. The Bertz CT molecular complexity index is 1250. The summed E-state index contributed by atoms with van der Waals surface area (Å²) in [7, 11) is 1.76. The van der Waals surface area contributed by atoms with E-state index in [1.54, 1.807) is 49.8 Å². The zero-order valence-corrected chi connectivity index (χ0v) is 18.4. The summed E-state index contributed by atoms with van der Waals surface area (Å²) in [5, 5.41) is 5.83. The minimum Gasteiger partial charge on any atom is -0.438 e. The molecule has 0 saturated heterocycles. The third kappa shape index (κ3) is 4.87. The van der Waals surface area contributed by atoms with Crippen molar-refractivity contribution < 1.29 is 9.53 Å². The molecule has 0 aliphatic heterocycles. The first kappa shape index (κ1) is 21.3. The molecule has 0 bridgehead atoms. The second kappa shape index (κ2) is 9.49. The summed E-state index contributed by atoms with van der Waals surface area (Å²) in [5.41, 5.74) is 3.50. The number of nitrogens with zero attached hydrogens (tertiary/aromatic N) is 3. The molecule has 3 aromatic rings. The Balaban J connectivity index is 1.54. The number of aryl methyl sites for hydroxylation is 1. The topological polar surface area (TPSA) is 89.0 Å². The molecule has 0 atom stereocenters. The highest BCUT2D eigenvalue weighted by molar-refractivity contribution is 7.80. The molecule has 7 nitrogen and oxygen atoms in total. The Morgan fingerprint density at radius 1 is 1.16 bits per heavy atom. The molecular weight excluding hydrogens is 422 g/mol. The predicted molar refractivity (Wildman–Crippen MR) is 129 cm³/mol. The molecule has 8 heteroatoms. The van der Waals surface area contributed by atoms with Crippen LogP contribution in [-0.4, -0.2) is 32.8 Å². The van der Waals surface area contributed by atoms with Crippen LogP contribution in [0.3, 0.4) is 0 Å². The Hall–Kier alpha value is -3.91. The van der Waals surface area contributed by atoms with Crippen LogP contribution in [0.2, 0.25) is 0 Å². The van der Waals surface area contributed by atoms with E-state index in [1.807, 2.05) is 31.2 Å². The highest BCUT2D eigenvalue weighted by Gasteiger charge is 2.14. The number of amides is 1. The van der Waals surface area contributed by atoms with Crippen molar-refractivity contribution in [2.24, 2.45) is 0 Å². The first-order valence-corrected chi connectivity index (χ1v) is 10.4. The maximum absolute atomic E-state index is 12.5. The number of nitrogens with one attached hydrogen (secondary N) is 2. The molecule has 0 saturated carbocycles. The Morgan fingerprint density at radius 2 is 2.03 bits per heavy atom.